The van der Waals surface area contributed by atoms with Crippen molar-refractivity contribution in [1.29, 1.82) is 0 Å². The second kappa shape index (κ2) is 9.27. The zero-order valence-electron chi connectivity index (χ0n) is 18.5. The highest BCUT2D eigenvalue weighted by Crippen LogP contribution is 2.40. The van der Waals surface area contributed by atoms with E-state index in [1.807, 2.05) is 25.1 Å². The lowest BCUT2D eigenvalue weighted by Crippen LogP contribution is -2.37. The van der Waals surface area contributed by atoms with Crippen LogP contribution in [0.25, 0.3) is 0 Å². The molecule has 0 N–H and O–H groups in total. The maximum Gasteiger partial charge on any atom is 0.401 e. The largest absolute Gasteiger partial charge is 0.401 e. The molecule has 2 aromatic carbocycles. The zero-order chi connectivity index (χ0) is 23.8. The van der Waals surface area contributed by atoms with E-state index in [2.05, 4.69) is 0 Å². The quantitative estimate of drug-likeness (QED) is 0.517. The van der Waals surface area contributed by atoms with Crippen LogP contribution < -0.4 is 4.90 Å². The van der Waals surface area contributed by atoms with Gasteiger partial charge in [-0.3, -0.25) is 9.69 Å². The van der Waals surface area contributed by atoms with Crippen LogP contribution in [0.3, 0.4) is 0 Å². The van der Waals surface area contributed by atoms with Gasteiger partial charge in [-0.25, -0.2) is 4.39 Å². The Morgan fingerprint density at radius 2 is 1.91 bits per heavy atom. The summed E-state index contributed by atoms with van der Waals surface area (Å²) in [5.74, 6) is -0.345. The number of hydrogen-bond acceptors (Lipinski definition) is 4. The van der Waals surface area contributed by atoms with E-state index in [0.717, 1.165) is 16.1 Å². The van der Waals surface area contributed by atoms with Crippen molar-refractivity contribution in [2.45, 2.75) is 47.8 Å². The molecule has 0 aromatic heterocycles. The van der Waals surface area contributed by atoms with Crippen LogP contribution in [0.2, 0.25) is 0 Å². The number of nitrogens with zero attached hydrogens (tertiary/aromatic N) is 2. The molecule has 0 saturated carbocycles. The van der Waals surface area contributed by atoms with Crippen LogP contribution in [-0.4, -0.2) is 50.3 Å². The Balaban J connectivity index is 1.58. The molecule has 1 atom stereocenters. The van der Waals surface area contributed by atoms with Gasteiger partial charge in [0, 0.05) is 48.6 Å². The molecule has 178 valence electrons. The van der Waals surface area contributed by atoms with Gasteiger partial charge in [0.25, 0.3) is 0 Å². The lowest BCUT2D eigenvalue weighted by atomic mass is 9.92. The highest BCUT2D eigenvalue weighted by Gasteiger charge is 2.43. The van der Waals surface area contributed by atoms with Gasteiger partial charge >= 0.3 is 6.18 Å². The Bertz CT molecular complexity index is 1050. The number of carbonyl (C=O) groups excluding carboxylic acids is 1. The summed E-state index contributed by atoms with van der Waals surface area (Å²) in [6.45, 7) is 1.81. The first kappa shape index (κ1) is 24.0. The number of benzene rings is 2. The number of ether oxygens (including phenoxy) is 1. The number of aryl methyl sites for hydroxylation is 1. The number of rotatable bonds is 6. The molecule has 33 heavy (non-hydrogen) atoms. The van der Waals surface area contributed by atoms with Crippen molar-refractivity contribution in [2.24, 2.45) is 0 Å². The molecule has 1 amide bonds. The Morgan fingerprint density at radius 3 is 2.61 bits per heavy atom. The van der Waals surface area contributed by atoms with Crippen LogP contribution in [0, 0.1) is 5.82 Å². The molecule has 0 aliphatic carbocycles. The van der Waals surface area contributed by atoms with Gasteiger partial charge in [0.1, 0.15) is 11.4 Å². The van der Waals surface area contributed by atoms with Crippen molar-refractivity contribution in [3.8, 4) is 0 Å². The third-order valence-electron chi connectivity index (χ3n) is 6.30. The molecular formula is C24H26F4N2O2S. The predicted molar refractivity (Wildman–Crippen MR) is 119 cm³/mol. The average molecular weight is 483 g/mol. The summed E-state index contributed by atoms with van der Waals surface area (Å²) < 4.78 is 58.8. The van der Waals surface area contributed by atoms with Gasteiger partial charge in [-0.2, -0.15) is 13.2 Å². The molecule has 0 spiro atoms. The third-order valence-corrected chi connectivity index (χ3v) is 7.27. The third kappa shape index (κ3) is 5.20. The minimum absolute atomic E-state index is 0.0519. The number of methoxy groups -OCH3 is 1. The Labute approximate surface area is 194 Å². The Hall–Kier alpha value is -2.10. The molecule has 2 aliphatic heterocycles. The summed E-state index contributed by atoms with van der Waals surface area (Å²) in [7, 11) is 1.46. The average Bonchev–Trinajstić information content (AvgIpc) is 3.16. The smallest absolute Gasteiger partial charge is 0.372 e. The lowest BCUT2D eigenvalue weighted by molar-refractivity contribution is -0.146. The molecule has 4 rings (SSSR count). The molecule has 1 unspecified atom stereocenters. The summed E-state index contributed by atoms with van der Waals surface area (Å²) in [5.41, 5.74) is 1.54. The van der Waals surface area contributed by atoms with Gasteiger partial charge in [-0.05, 0) is 67.3 Å². The van der Waals surface area contributed by atoms with Crippen LogP contribution in [-0.2, 0) is 21.6 Å². The fourth-order valence-electron chi connectivity index (χ4n) is 4.73. The van der Waals surface area contributed by atoms with E-state index >= 15 is 0 Å². The molecule has 4 nitrogen and oxygen atoms in total. The van der Waals surface area contributed by atoms with Gasteiger partial charge in [0.15, 0.2) is 0 Å². The van der Waals surface area contributed by atoms with Crippen LogP contribution in [0.4, 0.5) is 23.2 Å². The van der Waals surface area contributed by atoms with Gasteiger partial charge in [-0.15, -0.1) is 0 Å². The zero-order valence-corrected chi connectivity index (χ0v) is 19.4. The van der Waals surface area contributed by atoms with Gasteiger partial charge in [0.05, 0.1) is 6.54 Å². The van der Waals surface area contributed by atoms with Gasteiger partial charge < -0.3 is 9.64 Å². The summed E-state index contributed by atoms with van der Waals surface area (Å²) >= 11 is 1.38. The van der Waals surface area contributed by atoms with Crippen molar-refractivity contribution >= 4 is 23.4 Å². The Morgan fingerprint density at radius 1 is 1.12 bits per heavy atom. The molecule has 9 heteroatoms. The van der Waals surface area contributed by atoms with Crippen LogP contribution in [0.5, 0.6) is 0 Å². The second-order valence-corrected chi connectivity index (χ2v) is 9.63. The normalized spacial score (nSPS) is 21.5. The van der Waals surface area contributed by atoms with E-state index in [1.165, 1.54) is 35.9 Å². The van der Waals surface area contributed by atoms with E-state index in [-0.39, 0.29) is 19.0 Å². The van der Waals surface area contributed by atoms with Crippen molar-refractivity contribution in [1.82, 2.24) is 4.90 Å². The number of likely N-dealkylation sites (tertiary alicyclic amines) is 1. The van der Waals surface area contributed by atoms with Crippen molar-refractivity contribution in [2.75, 3.05) is 38.2 Å². The maximum absolute atomic E-state index is 14.6. The lowest BCUT2D eigenvalue weighted by Gasteiger charge is -2.29. The molecule has 2 heterocycles. The predicted octanol–water partition coefficient (Wildman–Crippen LogP) is 5.39. The number of anilines is 1. The number of alkyl halides is 3. The number of hydrogen-bond donors (Lipinski definition) is 0. The highest BCUT2D eigenvalue weighted by molar-refractivity contribution is 7.99. The first-order valence-corrected chi connectivity index (χ1v) is 11.7. The fourth-order valence-corrected chi connectivity index (χ4v) is 5.70. The standard InChI is InChI=1S/C24H26F4N2O2S/c1-3-30-21-6-5-19(10-16(21)4-7-22(30)31)33-20-12-17(11-18(25)13-20)23(32-2)8-9-29(14-23)15-24(26,27)28/h5-6,10-13H,3-4,7-9,14-15H2,1-2H3. The number of amides is 1. The first-order chi connectivity index (χ1) is 15.6. The van der Waals surface area contributed by atoms with Crippen LogP contribution in [0.15, 0.2) is 46.2 Å². The van der Waals surface area contributed by atoms with E-state index in [1.54, 1.807) is 11.0 Å². The second-order valence-electron chi connectivity index (χ2n) is 8.48. The number of halogens is 4. The van der Waals surface area contributed by atoms with E-state index < -0.39 is 24.1 Å². The van der Waals surface area contributed by atoms with E-state index in [0.29, 0.717) is 36.3 Å². The number of fused-ring (bicyclic) bond motifs is 1. The maximum atomic E-state index is 14.6. The minimum Gasteiger partial charge on any atom is -0.372 e. The topological polar surface area (TPSA) is 32.8 Å². The molecule has 1 fully saturated rings. The highest BCUT2D eigenvalue weighted by atomic mass is 32.2. The minimum atomic E-state index is -4.29. The van der Waals surface area contributed by atoms with Crippen molar-refractivity contribution < 1.29 is 27.1 Å². The monoisotopic (exact) mass is 482 g/mol. The molecule has 0 radical (unpaired) electrons. The van der Waals surface area contributed by atoms with Crippen LogP contribution in [0.1, 0.15) is 30.9 Å². The van der Waals surface area contributed by atoms with Crippen molar-refractivity contribution in [3.63, 3.8) is 0 Å². The SMILES string of the molecule is CCN1C(=O)CCc2cc(Sc3cc(F)cc(C4(OC)CCN(CC(F)(F)F)C4)c3)ccc21. The summed E-state index contributed by atoms with van der Waals surface area (Å²) in [4.78, 5) is 16.7. The summed E-state index contributed by atoms with van der Waals surface area (Å²) in [6.07, 6.45) is -2.82. The molecule has 1 saturated heterocycles. The summed E-state index contributed by atoms with van der Waals surface area (Å²) in [6, 6.07) is 10.4. The molecule has 2 aliphatic rings. The van der Waals surface area contributed by atoms with Gasteiger partial charge in [0.2, 0.25) is 5.91 Å². The molecular weight excluding hydrogens is 456 g/mol. The summed E-state index contributed by atoms with van der Waals surface area (Å²) in [5, 5.41) is 0. The van der Waals surface area contributed by atoms with Gasteiger partial charge in [-0.1, -0.05) is 11.8 Å². The molecule has 0 bridgehead atoms. The molecule has 2 aromatic rings. The number of carbonyl (C=O) groups is 1. The Kier molecular flexibility index (Phi) is 6.75. The van der Waals surface area contributed by atoms with Crippen molar-refractivity contribution in [3.05, 3.63) is 53.3 Å². The first-order valence-electron chi connectivity index (χ1n) is 10.9. The fraction of sp³-hybridized carbons (Fsp3) is 0.458. The van der Waals surface area contributed by atoms with E-state index in [9.17, 15) is 22.4 Å². The van der Waals surface area contributed by atoms with Crippen LogP contribution >= 0.6 is 11.8 Å². The van der Waals surface area contributed by atoms with E-state index in [4.69, 9.17) is 4.74 Å².